The van der Waals surface area contributed by atoms with Crippen molar-refractivity contribution in [2.75, 3.05) is 26.8 Å². The maximum absolute atomic E-state index is 12.0. The second-order valence-corrected chi connectivity index (χ2v) is 6.62. The van der Waals surface area contributed by atoms with Gasteiger partial charge in [0.1, 0.15) is 10.8 Å². The molecule has 1 aliphatic heterocycles. The monoisotopic (exact) mass is 347 g/mol. The van der Waals surface area contributed by atoms with E-state index in [1.54, 1.807) is 24.6 Å². The number of hydrogen-bond acceptors (Lipinski definition) is 6. The van der Waals surface area contributed by atoms with Crippen LogP contribution < -0.4 is 15.4 Å². The van der Waals surface area contributed by atoms with E-state index in [4.69, 9.17) is 9.47 Å². The quantitative estimate of drug-likeness (QED) is 0.834. The molecule has 1 aliphatic rings. The highest BCUT2D eigenvalue weighted by Crippen LogP contribution is 2.32. The highest BCUT2D eigenvalue weighted by Gasteiger charge is 2.17. The minimum atomic E-state index is -0.0376. The third kappa shape index (κ3) is 4.31. The standard InChI is InChI=1S/C17H21N3O3S/c1-22-15-5-3-2-4-14(15)17-20-11-13(24-17)10-19-16(21)8-12-9-18-6-7-23-12/h2-5,11-12,18H,6-10H2,1H3,(H,19,21). The number of methoxy groups -OCH3 is 1. The van der Waals surface area contributed by atoms with Crippen LogP contribution in [0.5, 0.6) is 5.75 Å². The zero-order valence-corrected chi connectivity index (χ0v) is 14.4. The maximum Gasteiger partial charge on any atom is 0.222 e. The molecule has 1 amide bonds. The van der Waals surface area contributed by atoms with E-state index in [1.165, 1.54) is 0 Å². The molecule has 0 spiro atoms. The van der Waals surface area contributed by atoms with E-state index in [0.29, 0.717) is 19.6 Å². The fourth-order valence-electron chi connectivity index (χ4n) is 2.55. The third-order valence-electron chi connectivity index (χ3n) is 3.77. The van der Waals surface area contributed by atoms with Crippen molar-refractivity contribution in [3.8, 4) is 16.3 Å². The summed E-state index contributed by atoms with van der Waals surface area (Å²) in [6, 6.07) is 7.78. The highest BCUT2D eigenvalue weighted by atomic mass is 32.1. The molecule has 1 fully saturated rings. The Morgan fingerprint density at radius 1 is 1.50 bits per heavy atom. The van der Waals surface area contributed by atoms with Gasteiger partial charge in [-0.2, -0.15) is 0 Å². The number of rotatable bonds is 6. The van der Waals surface area contributed by atoms with E-state index in [-0.39, 0.29) is 12.0 Å². The van der Waals surface area contributed by atoms with Gasteiger partial charge in [-0.1, -0.05) is 12.1 Å². The molecule has 1 saturated heterocycles. The predicted octanol–water partition coefficient (Wildman–Crippen LogP) is 1.81. The van der Waals surface area contributed by atoms with Gasteiger partial charge in [-0.3, -0.25) is 4.79 Å². The first-order valence-corrected chi connectivity index (χ1v) is 8.75. The Morgan fingerprint density at radius 2 is 2.38 bits per heavy atom. The van der Waals surface area contributed by atoms with E-state index in [2.05, 4.69) is 15.6 Å². The van der Waals surface area contributed by atoms with Gasteiger partial charge in [0.05, 0.1) is 38.3 Å². The van der Waals surface area contributed by atoms with Crippen molar-refractivity contribution in [1.82, 2.24) is 15.6 Å². The lowest BCUT2D eigenvalue weighted by molar-refractivity contribution is -0.124. The number of amides is 1. The van der Waals surface area contributed by atoms with Gasteiger partial charge in [0, 0.05) is 24.2 Å². The summed E-state index contributed by atoms with van der Waals surface area (Å²) < 4.78 is 10.9. The van der Waals surface area contributed by atoms with Crippen molar-refractivity contribution in [3.63, 3.8) is 0 Å². The van der Waals surface area contributed by atoms with Gasteiger partial charge in [-0.25, -0.2) is 4.98 Å². The van der Waals surface area contributed by atoms with Crippen LogP contribution in [0.2, 0.25) is 0 Å². The Labute approximate surface area is 145 Å². The van der Waals surface area contributed by atoms with Crippen molar-refractivity contribution in [2.45, 2.75) is 19.1 Å². The fraction of sp³-hybridized carbons (Fsp3) is 0.412. The van der Waals surface area contributed by atoms with E-state index in [9.17, 15) is 4.79 Å². The molecule has 0 bridgehead atoms. The molecule has 1 aromatic carbocycles. The summed E-state index contributed by atoms with van der Waals surface area (Å²) in [5.41, 5.74) is 0.962. The number of ether oxygens (including phenoxy) is 2. The zero-order valence-electron chi connectivity index (χ0n) is 13.6. The summed E-state index contributed by atoms with van der Waals surface area (Å²) in [6.07, 6.45) is 2.14. The molecule has 0 saturated carbocycles. The largest absolute Gasteiger partial charge is 0.496 e. The Balaban J connectivity index is 1.55. The van der Waals surface area contributed by atoms with Crippen molar-refractivity contribution < 1.29 is 14.3 Å². The molecule has 2 aromatic rings. The van der Waals surface area contributed by atoms with Crippen LogP contribution in [0.25, 0.3) is 10.6 Å². The highest BCUT2D eigenvalue weighted by molar-refractivity contribution is 7.15. The van der Waals surface area contributed by atoms with Gasteiger partial charge < -0.3 is 20.1 Å². The molecule has 7 heteroatoms. The van der Waals surface area contributed by atoms with Gasteiger partial charge in [0.15, 0.2) is 0 Å². The Hall–Kier alpha value is -1.96. The molecule has 2 N–H and O–H groups in total. The molecule has 1 atom stereocenters. The molecule has 1 unspecified atom stereocenters. The lowest BCUT2D eigenvalue weighted by Crippen LogP contribution is -2.41. The molecule has 128 valence electrons. The Bertz CT molecular complexity index is 683. The first kappa shape index (κ1) is 16.9. The summed E-state index contributed by atoms with van der Waals surface area (Å²) >= 11 is 1.55. The maximum atomic E-state index is 12.0. The number of thiazole rings is 1. The predicted molar refractivity (Wildman–Crippen MR) is 93.2 cm³/mol. The SMILES string of the molecule is COc1ccccc1-c1ncc(CNC(=O)CC2CNCCO2)s1. The smallest absolute Gasteiger partial charge is 0.222 e. The lowest BCUT2D eigenvalue weighted by Gasteiger charge is -2.22. The number of benzene rings is 1. The summed E-state index contributed by atoms with van der Waals surface area (Å²) in [7, 11) is 1.65. The number of carbonyl (C=O) groups is 1. The Morgan fingerprint density at radius 3 is 3.17 bits per heavy atom. The first-order valence-electron chi connectivity index (χ1n) is 7.93. The topological polar surface area (TPSA) is 72.5 Å². The molecule has 2 heterocycles. The normalized spacial score (nSPS) is 17.5. The van der Waals surface area contributed by atoms with Crippen molar-refractivity contribution >= 4 is 17.2 Å². The van der Waals surface area contributed by atoms with Crippen LogP contribution in [-0.2, 0) is 16.1 Å². The summed E-state index contributed by atoms with van der Waals surface area (Å²) in [5, 5.41) is 7.04. The van der Waals surface area contributed by atoms with Crippen LogP contribution in [0, 0.1) is 0 Å². The minimum absolute atomic E-state index is 0.00376. The third-order valence-corrected chi connectivity index (χ3v) is 4.80. The number of para-hydroxylation sites is 1. The molecular formula is C17H21N3O3S. The van der Waals surface area contributed by atoms with Gasteiger partial charge in [-0.05, 0) is 12.1 Å². The van der Waals surface area contributed by atoms with E-state index < -0.39 is 0 Å². The molecule has 0 aliphatic carbocycles. The summed E-state index contributed by atoms with van der Waals surface area (Å²) in [5.74, 6) is 0.792. The van der Waals surface area contributed by atoms with Gasteiger partial charge in [0.25, 0.3) is 0 Å². The lowest BCUT2D eigenvalue weighted by atomic mass is 10.2. The van der Waals surface area contributed by atoms with Crippen molar-refractivity contribution in [3.05, 3.63) is 35.3 Å². The molecule has 1 aromatic heterocycles. The Kier molecular flexibility index (Phi) is 5.79. The molecule has 0 radical (unpaired) electrons. The molecule has 24 heavy (non-hydrogen) atoms. The summed E-state index contributed by atoms with van der Waals surface area (Å²) in [4.78, 5) is 17.5. The number of hydrogen-bond donors (Lipinski definition) is 2. The second kappa shape index (κ2) is 8.23. The number of carbonyl (C=O) groups excluding carboxylic acids is 1. The van der Waals surface area contributed by atoms with Crippen LogP contribution in [0.1, 0.15) is 11.3 Å². The number of nitrogens with one attached hydrogen (secondary N) is 2. The number of aromatic nitrogens is 1. The van der Waals surface area contributed by atoms with Crippen LogP contribution in [0.4, 0.5) is 0 Å². The first-order chi connectivity index (χ1) is 11.8. The van der Waals surface area contributed by atoms with Gasteiger partial charge >= 0.3 is 0 Å². The van der Waals surface area contributed by atoms with Crippen molar-refractivity contribution in [1.29, 1.82) is 0 Å². The van der Waals surface area contributed by atoms with Gasteiger partial charge in [0.2, 0.25) is 5.91 Å². The van der Waals surface area contributed by atoms with E-state index in [0.717, 1.165) is 34.3 Å². The van der Waals surface area contributed by atoms with Gasteiger partial charge in [-0.15, -0.1) is 11.3 Å². The minimum Gasteiger partial charge on any atom is -0.496 e. The van der Waals surface area contributed by atoms with Crippen LogP contribution in [0.3, 0.4) is 0 Å². The van der Waals surface area contributed by atoms with Crippen molar-refractivity contribution in [2.24, 2.45) is 0 Å². The fourth-order valence-corrected chi connectivity index (χ4v) is 3.43. The summed E-state index contributed by atoms with van der Waals surface area (Å²) in [6.45, 7) is 2.72. The van der Waals surface area contributed by atoms with E-state index in [1.807, 2.05) is 24.3 Å². The number of morpholine rings is 1. The zero-order chi connectivity index (χ0) is 16.8. The average molecular weight is 347 g/mol. The molecule has 6 nitrogen and oxygen atoms in total. The van der Waals surface area contributed by atoms with E-state index >= 15 is 0 Å². The van der Waals surface area contributed by atoms with Crippen LogP contribution in [-0.4, -0.2) is 43.8 Å². The second-order valence-electron chi connectivity index (χ2n) is 5.51. The molecule has 3 rings (SSSR count). The average Bonchev–Trinajstić information content (AvgIpc) is 3.09. The number of nitrogens with zero attached hydrogens (tertiary/aromatic N) is 1. The molecular weight excluding hydrogens is 326 g/mol. The van der Waals surface area contributed by atoms with Crippen LogP contribution >= 0.6 is 11.3 Å². The van der Waals surface area contributed by atoms with Crippen LogP contribution in [0.15, 0.2) is 30.5 Å².